The molecule has 0 atom stereocenters. The molecule has 0 fully saturated rings. The van der Waals surface area contributed by atoms with Crippen LogP contribution in [0.1, 0.15) is 34.4 Å². The number of rotatable bonds is 4. The van der Waals surface area contributed by atoms with E-state index in [4.69, 9.17) is 0 Å². The second-order valence-electron chi connectivity index (χ2n) is 4.17. The molecule has 0 saturated heterocycles. The molecular formula is C13H13N3OSW. The number of H-pyrrole nitrogens is 1. The predicted molar refractivity (Wildman–Crippen MR) is 74.2 cm³/mol. The van der Waals surface area contributed by atoms with Crippen molar-refractivity contribution >= 4 is 27.6 Å². The molecule has 4 nitrogen and oxygen atoms in total. The van der Waals surface area contributed by atoms with Crippen molar-refractivity contribution in [2.24, 2.45) is 0 Å². The number of allylic oxidation sites excluding steroid dienone is 1. The average Bonchev–Trinajstić information content (AvgIpc) is 2.95. The second-order valence-corrected chi connectivity index (χ2v) is 6.22. The first-order chi connectivity index (χ1) is 9.01. The van der Waals surface area contributed by atoms with Crippen LogP contribution in [0, 0.1) is 6.92 Å². The first-order valence-electron chi connectivity index (χ1n) is 5.68. The Morgan fingerprint density at radius 2 is 2.21 bits per heavy atom. The van der Waals surface area contributed by atoms with Crippen LogP contribution in [-0.4, -0.2) is 25.1 Å². The van der Waals surface area contributed by atoms with Crippen LogP contribution in [0.4, 0.5) is 0 Å². The number of carbonyl (C=O) groups excluding carboxylic acids is 1. The number of nitrogens with one attached hydrogen (secondary N) is 1. The van der Waals surface area contributed by atoms with E-state index in [2.05, 4.69) is 19.4 Å². The summed E-state index contributed by atoms with van der Waals surface area (Å²) in [5, 5.41) is 0.542. The number of ketones is 1. The van der Waals surface area contributed by atoms with Gasteiger partial charge in [0.25, 0.3) is 0 Å². The van der Waals surface area contributed by atoms with Crippen molar-refractivity contribution in [3.8, 4) is 11.4 Å². The van der Waals surface area contributed by atoms with Gasteiger partial charge in [0, 0.05) is 0 Å². The number of aromatic nitrogens is 3. The third kappa shape index (κ3) is 3.22. The van der Waals surface area contributed by atoms with Gasteiger partial charge >= 0.3 is 126 Å². The fourth-order valence-corrected chi connectivity index (χ4v) is 2.64. The van der Waals surface area contributed by atoms with Crippen LogP contribution in [0.2, 0.25) is 0 Å². The summed E-state index contributed by atoms with van der Waals surface area (Å²) in [4.78, 5) is 24.3. The Morgan fingerprint density at radius 1 is 1.47 bits per heavy atom. The topological polar surface area (TPSA) is 58.6 Å². The Labute approximate surface area is 126 Å². The van der Waals surface area contributed by atoms with Gasteiger partial charge in [0.05, 0.1) is 0 Å². The van der Waals surface area contributed by atoms with Gasteiger partial charge in [-0.1, -0.05) is 0 Å². The Kier molecular flexibility index (Phi) is 4.37. The molecule has 0 aliphatic rings. The molecular weight excluding hydrogens is 430 g/mol. The van der Waals surface area contributed by atoms with Gasteiger partial charge < -0.3 is 0 Å². The van der Waals surface area contributed by atoms with Gasteiger partial charge in [-0.3, -0.25) is 0 Å². The van der Waals surface area contributed by atoms with Gasteiger partial charge in [0.2, 0.25) is 0 Å². The maximum atomic E-state index is 11.3. The number of imidazole rings is 1. The molecule has 0 amide bonds. The number of nitrogens with zero attached hydrogens (tertiary/aromatic N) is 2. The normalized spacial score (nSPS) is 11.6. The number of aryl methyl sites for hydroxylation is 1. The van der Waals surface area contributed by atoms with Crippen molar-refractivity contribution < 1.29 is 24.1 Å². The Morgan fingerprint density at radius 3 is 2.79 bits per heavy atom. The standard InChI is InChI=1S/C13H13N3OS.W/c1-7(2)5-11-14-6-10(15-11)12-9(4)18-13(16-12)8(3)17;/h1,5-6H,2-4H3,(H,14,15);/b7-5+;. The Bertz CT molecular complexity index is 669. The Balaban J connectivity index is 2.38. The molecule has 6 heteroatoms. The molecule has 0 bridgehead atoms. The molecule has 0 spiro atoms. The first-order valence-corrected chi connectivity index (χ1v) is 8.19. The molecule has 2 aromatic rings. The second kappa shape index (κ2) is 5.84. The number of hydrogen-bond donors (Lipinski definition) is 1. The van der Waals surface area contributed by atoms with Crippen LogP contribution in [0.15, 0.2) is 11.8 Å². The summed E-state index contributed by atoms with van der Waals surface area (Å²) in [5.41, 5.74) is 2.84. The average molecular weight is 443 g/mol. The molecule has 0 unspecified atom stereocenters. The van der Waals surface area contributed by atoms with Crippen LogP contribution in [0.3, 0.4) is 0 Å². The zero-order chi connectivity index (χ0) is 14.0. The summed E-state index contributed by atoms with van der Waals surface area (Å²) in [7, 11) is 0. The van der Waals surface area contributed by atoms with Crippen molar-refractivity contribution in [3.05, 3.63) is 27.5 Å². The zero-order valence-electron chi connectivity index (χ0n) is 10.9. The van der Waals surface area contributed by atoms with Crippen molar-refractivity contribution in [1.82, 2.24) is 15.0 Å². The molecule has 0 radical (unpaired) electrons. The van der Waals surface area contributed by atoms with Gasteiger partial charge in [-0.15, -0.1) is 0 Å². The molecule has 98 valence electrons. The number of carbonyl (C=O) groups is 1. The number of thiazole rings is 1. The summed E-state index contributed by atoms with van der Waals surface area (Å²) in [5.74, 6) is 0.806. The van der Waals surface area contributed by atoms with E-state index in [1.807, 2.05) is 19.9 Å². The van der Waals surface area contributed by atoms with E-state index in [1.165, 1.54) is 43.2 Å². The molecule has 0 aliphatic carbocycles. The molecule has 2 heterocycles. The van der Waals surface area contributed by atoms with E-state index in [0.717, 1.165) is 22.1 Å². The predicted octanol–water partition coefficient (Wildman–Crippen LogP) is 2.80. The Hall–Kier alpha value is -1.19. The van der Waals surface area contributed by atoms with E-state index in [-0.39, 0.29) is 5.78 Å². The van der Waals surface area contributed by atoms with E-state index in [1.54, 1.807) is 6.20 Å². The molecule has 0 aromatic carbocycles. The van der Waals surface area contributed by atoms with Crippen molar-refractivity contribution in [1.29, 1.82) is 0 Å². The number of hydrogen-bond acceptors (Lipinski definition) is 4. The van der Waals surface area contributed by atoms with Gasteiger partial charge in [-0.2, -0.15) is 0 Å². The van der Waals surface area contributed by atoms with Gasteiger partial charge in [-0.05, 0) is 0 Å². The van der Waals surface area contributed by atoms with Crippen LogP contribution in [0.5, 0.6) is 0 Å². The van der Waals surface area contributed by atoms with Gasteiger partial charge in [-0.25, -0.2) is 0 Å². The fourth-order valence-electron chi connectivity index (χ4n) is 1.58. The van der Waals surface area contributed by atoms with Crippen LogP contribution in [0.25, 0.3) is 17.5 Å². The third-order valence-corrected chi connectivity index (χ3v) is 4.91. The first kappa shape index (κ1) is 14.2. The summed E-state index contributed by atoms with van der Waals surface area (Å²) in [6.45, 7) is 5.54. The minimum atomic E-state index is -0.00149. The van der Waals surface area contributed by atoms with Crippen molar-refractivity contribution in [3.63, 3.8) is 0 Å². The molecule has 1 N–H and O–H groups in total. The maximum absolute atomic E-state index is 11.3. The van der Waals surface area contributed by atoms with Crippen molar-refractivity contribution in [2.45, 2.75) is 20.8 Å². The quantitative estimate of drug-likeness (QED) is 0.740. The zero-order valence-corrected chi connectivity index (χ0v) is 14.6. The summed E-state index contributed by atoms with van der Waals surface area (Å²) in [6, 6.07) is 0. The molecule has 19 heavy (non-hydrogen) atoms. The molecule has 0 aliphatic heterocycles. The van der Waals surface area contributed by atoms with Crippen LogP contribution in [-0.2, 0) is 19.4 Å². The van der Waals surface area contributed by atoms with Crippen LogP contribution < -0.4 is 0 Å². The molecule has 2 aromatic heterocycles. The monoisotopic (exact) mass is 443 g/mol. The number of Topliss-reactive ketones (excluding diaryl/α,β-unsaturated/α-hetero) is 1. The van der Waals surface area contributed by atoms with Crippen molar-refractivity contribution in [2.75, 3.05) is 0 Å². The van der Waals surface area contributed by atoms with E-state index < -0.39 is 0 Å². The van der Waals surface area contributed by atoms with E-state index in [0.29, 0.717) is 5.01 Å². The fraction of sp³-hybridized carbons (Fsp3) is 0.231. The minimum absolute atomic E-state index is 0.00149. The van der Waals surface area contributed by atoms with Crippen LogP contribution >= 0.6 is 11.3 Å². The summed E-state index contributed by atoms with van der Waals surface area (Å²) in [6.07, 6.45) is 3.75. The summed E-state index contributed by atoms with van der Waals surface area (Å²) >= 11 is 2.83. The third-order valence-electron chi connectivity index (χ3n) is 2.50. The molecule has 2 rings (SSSR count). The van der Waals surface area contributed by atoms with Gasteiger partial charge in [0.15, 0.2) is 0 Å². The van der Waals surface area contributed by atoms with E-state index >= 15 is 0 Å². The molecule has 0 saturated carbocycles. The SMILES string of the molecule is CC(=O)c1nc(-c2cnc(/C=C(/C)[CH]=[W])[nH]2)c(C)s1. The summed E-state index contributed by atoms with van der Waals surface area (Å²) < 4.78 is 2.10. The number of aromatic amines is 1. The van der Waals surface area contributed by atoms with Gasteiger partial charge in [0.1, 0.15) is 0 Å². The van der Waals surface area contributed by atoms with E-state index in [9.17, 15) is 4.79 Å².